The van der Waals surface area contributed by atoms with Gasteiger partial charge in [0.1, 0.15) is 0 Å². The van der Waals surface area contributed by atoms with Crippen molar-refractivity contribution in [2.24, 2.45) is 0 Å². The summed E-state index contributed by atoms with van der Waals surface area (Å²) in [4.78, 5) is 4.95. The third kappa shape index (κ3) is 2.40. The zero-order valence-electron chi connectivity index (χ0n) is 8.42. The van der Waals surface area contributed by atoms with Crippen LogP contribution in [0.5, 0.6) is 0 Å². The lowest BCUT2D eigenvalue weighted by Gasteiger charge is -2.40. The topological polar surface area (TPSA) is 30.5 Å². The highest BCUT2D eigenvalue weighted by atomic mass is 15.3. The minimum atomic E-state index is 0.584. The molecule has 2 saturated heterocycles. The largest absolute Gasteiger partial charge is 0.314 e. The second-order valence-electron chi connectivity index (χ2n) is 4.02. The monoisotopic (exact) mass is 184 g/mol. The molecular weight excluding hydrogens is 164 g/mol. The van der Waals surface area contributed by atoms with E-state index in [4.69, 9.17) is 0 Å². The first-order valence-corrected chi connectivity index (χ1v) is 5.23. The van der Waals surface area contributed by atoms with E-state index in [9.17, 15) is 0 Å². The Morgan fingerprint density at radius 1 is 1.08 bits per heavy atom. The molecule has 2 heterocycles. The summed E-state index contributed by atoms with van der Waals surface area (Å²) in [6.45, 7) is 8.13. The SMILES string of the molecule is CN1CCNC(N2CCNCC2)C1. The van der Waals surface area contributed by atoms with Gasteiger partial charge in [0.25, 0.3) is 0 Å². The van der Waals surface area contributed by atoms with Gasteiger partial charge in [0.2, 0.25) is 0 Å². The highest BCUT2D eigenvalue weighted by molar-refractivity contribution is 4.80. The van der Waals surface area contributed by atoms with E-state index in [-0.39, 0.29) is 0 Å². The lowest BCUT2D eigenvalue weighted by atomic mass is 10.2. The van der Waals surface area contributed by atoms with Crippen molar-refractivity contribution in [1.82, 2.24) is 20.4 Å². The number of nitrogens with one attached hydrogen (secondary N) is 2. The first kappa shape index (κ1) is 9.40. The molecule has 0 bridgehead atoms. The van der Waals surface area contributed by atoms with E-state index >= 15 is 0 Å². The van der Waals surface area contributed by atoms with Crippen LogP contribution >= 0.6 is 0 Å². The van der Waals surface area contributed by atoms with Crippen LogP contribution in [0, 0.1) is 0 Å². The smallest absolute Gasteiger partial charge is 0.0729 e. The van der Waals surface area contributed by atoms with Crippen molar-refractivity contribution in [3.63, 3.8) is 0 Å². The molecule has 0 spiro atoms. The zero-order chi connectivity index (χ0) is 9.10. The van der Waals surface area contributed by atoms with Gasteiger partial charge in [-0.1, -0.05) is 0 Å². The van der Waals surface area contributed by atoms with E-state index in [1.807, 2.05) is 0 Å². The van der Waals surface area contributed by atoms with Crippen molar-refractivity contribution in [1.29, 1.82) is 0 Å². The van der Waals surface area contributed by atoms with Crippen molar-refractivity contribution in [3.8, 4) is 0 Å². The second-order valence-corrected chi connectivity index (χ2v) is 4.02. The first-order chi connectivity index (χ1) is 6.36. The normalized spacial score (nSPS) is 33.5. The second kappa shape index (κ2) is 4.37. The third-order valence-corrected chi connectivity index (χ3v) is 2.95. The summed E-state index contributed by atoms with van der Waals surface area (Å²) in [6.07, 6.45) is 0.584. The van der Waals surface area contributed by atoms with Gasteiger partial charge in [-0.25, -0.2) is 0 Å². The molecule has 4 nitrogen and oxygen atoms in total. The first-order valence-electron chi connectivity index (χ1n) is 5.23. The molecule has 2 aliphatic rings. The molecule has 2 N–H and O–H groups in total. The molecule has 13 heavy (non-hydrogen) atoms. The molecular formula is C9H20N4. The van der Waals surface area contributed by atoms with Gasteiger partial charge in [0, 0.05) is 45.8 Å². The number of hydrogen-bond donors (Lipinski definition) is 2. The molecule has 0 radical (unpaired) electrons. The average molecular weight is 184 g/mol. The Hall–Kier alpha value is -0.160. The summed E-state index contributed by atoms with van der Waals surface area (Å²) in [5, 5.41) is 6.96. The maximum atomic E-state index is 3.58. The maximum Gasteiger partial charge on any atom is 0.0729 e. The fourth-order valence-electron chi connectivity index (χ4n) is 2.11. The van der Waals surface area contributed by atoms with E-state index < -0.39 is 0 Å². The van der Waals surface area contributed by atoms with Crippen LogP contribution in [0.3, 0.4) is 0 Å². The molecule has 76 valence electrons. The van der Waals surface area contributed by atoms with Crippen LogP contribution in [0.1, 0.15) is 0 Å². The van der Waals surface area contributed by atoms with Gasteiger partial charge in [-0.05, 0) is 7.05 Å². The lowest BCUT2D eigenvalue weighted by Crippen LogP contribution is -2.61. The van der Waals surface area contributed by atoms with Crippen LogP contribution in [0.25, 0.3) is 0 Å². The number of rotatable bonds is 1. The molecule has 1 atom stereocenters. The van der Waals surface area contributed by atoms with Crippen LogP contribution in [0.2, 0.25) is 0 Å². The summed E-state index contributed by atoms with van der Waals surface area (Å²) < 4.78 is 0. The summed E-state index contributed by atoms with van der Waals surface area (Å²) >= 11 is 0. The van der Waals surface area contributed by atoms with Gasteiger partial charge < -0.3 is 10.2 Å². The fraction of sp³-hybridized carbons (Fsp3) is 1.00. The highest BCUT2D eigenvalue weighted by Gasteiger charge is 2.23. The molecule has 0 saturated carbocycles. The van der Waals surface area contributed by atoms with E-state index in [1.165, 1.54) is 26.2 Å². The van der Waals surface area contributed by atoms with Crippen LogP contribution in [-0.4, -0.2) is 68.8 Å². The van der Waals surface area contributed by atoms with Gasteiger partial charge in [-0.15, -0.1) is 0 Å². The number of likely N-dealkylation sites (N-methyl/N-ethyl adjacent to an activating group) is 1. The summed E-state index contributed by atoms with van der Waals surface area (Å²) in [5.74, 6) is 0. The average Bonchev–Trinajstić information content (AvgIpc) is 2.19. The van der Waals surface area contributed by atoms with E-state index in [0.29, 0.717) is 6.17 Å². The molecule has 0 aromatic carbocycles. The van der Waals surface area contributed by atoms with Crippen LogP contribution in [-0.2, 0) is 0 Å². The Balaban J connectivity index is 1.83. The van der Waals surface area contributed by atoms with Gasteiger partial charge >= 0.3 is 0 Å². The molecule has 1 unspecified atom stereocenters. The van der Waals surface area contributed by atoms with E-state index in [2.05, 4.69) is 27.5 Å². The minimum Gasteiger partial charge on any atom is -0.314 e. The fourth-order valence-corrected chi connectivity index (χ4v) is 2.11. The van der Waals surface area contributed by atoms with Gasteiger partial charge in [0.05, 0.1) is 6.17 Å². The quantitative estimate of drug-likeness (QED) is 0.533. The maximum absolute atomic E-state index is 3.58. The molecule has 4 heteroatoms. The Morgan fingerprint density at radius 3 is 2.54 bits per heavy atom. The van der Waals surface area contributed by atoms with Crippen LogP contribution in [0.15, 0.2) is 0 Å². The number of hydrogen-bond acceptors (Lipinski definition) is 4. The molecule has 0 aliphatic carbocycles. The summed E-state index contributed by atoms with van der Waals surface area (Å²) in [7, 11) is 2.20. The lowest BCUT2D eigenvalue weighted by molar-refractivity contribution is 0.0862. The van der Waals surface area contributed by atoms with Crippen molar-refractivity contribution >= 4 is 0 Å². The van der Waals surface area contributed by atoms with Crippen molar-refractivity contribution in [2.45, 2.75) is 6.17 Å². The Labute approximate surface area is 80.3 Å². The molecule has 2 aliphatic heterocycles. The highest BCUT2D eigenvalue weighted by Crippen LogP contribution is 2.03. The molecule has 0 aromatic rings. The van der Waals surface area contributed by atoms with Crippen molar-refractivity contribution in [2.75, 3.05) is 52.9 Å². The predicted octanol–water partition coefficient (Wildman–Crippen LogP) is -1.25. The molecule has 0 aromatic heterocycles. The van der Waals surface area contributed by atoms with Gasteiger partial charge in [0.15, 0.2) is 0 Å². The van der Waals surface area contributed by atoms with E-state index in [1.54, 1.807) is 0 Å². The predicted molar refractivity (Wildman–Crippen MR) is 53.7 cm³/mol. The Morgan fingerprint density at radius 2 is 1.85 bits per heavy atom. The van der Waals surface area contributed by atoms with Crippen molar-refractivity contribution in [3.05, 3.63) is 0 Å². The summed E-state index contributed by atoms with van der Waals surface area (Å²) in [6, 6.07) is 0. The molecule has 2 rings (SSSR count). The van der Waals surface area contributed by atoms with Crippen molar-refractivity contribution < 1.29 is 0 Å². The Bertz CT molecular complexity index is 156. The molecule has 0 amide bonds. The molecule has 2 fully saturated rings. The number of piperazine rings is 2. The minimum absolute atomic E-state index is 0.584. The Kier molecular flexibility index (Phi) is 3.16. The van der Waals surface area contributed by atoms with E-state index in [0.717, 1.165) is 19.6 Å². The standard InChI is InChI=1S/C9H20N4/c1-12-5-4-11-9(8-12)13-6-2-10-3-7-13/h9-11H,2-8H2,1H3. The van der Waals surface area contributed by atoms with Crippen LogP contribution < -0.4 is 10.6 Å². The van der Waals surface area contributed by atoms with Gasteiger partial charge in [-0.3, -0.25) is 10.2 Å². The summed E-state index contributed by atoms with van der Waals surface area (Å²) in [5.41, 5.74) is 0. The van der Waals surface area contributed by atoms with Crippen LogP contribution in [0.4, 0.5) is 0 Å². The van der Waals surface area contributed by atoms with Gasteiger partial charge in [-0.2, -0.15) is 0 Å². The zero-order valence-corrected chi connectivity index (χ0v) is 8.42. The number of nitrogens with zero attached hydrogens (tertiary/aromatic N) is 2. The third-order valence-electron chi connectivity index (χ3n) is 2.95.